The summed E-state index contributed by atoms with van der Waals surface area (Å²) in [5.74, 6) is -0.530. The molecule has 88 valence electrons. The quantitative estimate of drug-likeness (QED) is 0.651. The van der Waals surface area contributed by atoms with Crippen molar-refractivity contribution in [2.24, 2.45) is 5.14 Å². The van der Waals surface area contributed by atoms with E-state index in [0.717, 1.165) is 6.42 Å². The fourth-order valence-corrected chi connectivity index (χ4v) is 1.84. The lowest BCUT2D eigenvalue weighted by atomic mass is 10.0. The molecule has 0 bridgehead atoms. The number of nitrogens with one attached hydrogen (secondary N) is 1. The Bertz CT molecular complexity index is 333. The number of amides is 1. The molecule has 1 atom stereocenters. The van der Waals surface area contributed by atoms with Crippen LogP contribution in [0.3, 0.4) is 0 Å². The zero-order valence-electron chi connectivity index (χ0n) is 8.65. The first-order chi connectivity index (χ1) is 6.83. The zero-order chi connectivity index (χ0) is 11.5. The molecule has 0 aromatic rings. The first-order valence-electron chi connectivity index (χ1n) is 4.76. The van der Waals surface area contributed by atoms with Crippen LogP contribution < -0.4 is 10.5 Å². The van der Waals surface area contributed by atoms with E-state index in [-0.39, 0.29) is 18.2 Å². The average molecular weight is 236 g/mol. The first-order valence-corrected chi connectivity index (χ1v) is 6.48. The second-order valence-corrected chi connectivity index (χ2v) is 5.54. The number of hydrogen-bond acceptors (Lipinski definition) is 4. The fourth-order valence-electron chi connectivity index (χ4n) is 1.45. The normalized spacial score (nSPS) is 26.5. The molecule has 6 nitrogen and oxygen atoms in total. The molecule has 1 fully saturated rings. The molecule has 1 unspecified atom stereocenters. The second-order valence-electron chi connectivity index (χ2n) is 3.81. The summed E-state index contributed by atoms with van der Waals surface area (Å²) in [6, 6.07) is 0. The average Bonchev–Trinajstić information content (AvgIpc) is 2.51. The Morgan fingerprint density at radius 2 is 2.27 bits per heavy atom. The number of ether oxygens (including phenoxy) is 1. The van der Waals surface area contributed by atoms with E-state index in [1.807, 2.05) is 0 Å². The third kappa shape index (κ3) is 3.77. The highest BCUT2D eigenvalue weighted by Crippen LogP contribution is 2.24. The SMILES string of the molecule is CC1(C(=O)NCCS(N)(=O)=O)CCCO1. The number of primary sulfonamides is 1. The highest BCUT2D eigenvalue weighted by Gasteiger charge is 2.37. The molecular weight excluding hydrogens is 220 g/mol. The molecule has 0 aliphatic carbocycles. The molecule has 0 radical (unpaired) electrons. The molecule has 0 spiro atoms. The topological polar surface area (TPSA) is 98.5 Å². The van der Waals surface area contributed by atoms with E-state index in [9.17, 15) is 13.2 Å². The summed E-state index contributed by atoms with van der Waals surface area (Å²) in [7, 11) is -3.52. The van der Waals surface area contributed by atoms with Crippen molar-refractivity contribution >= 4 is 15.9 Å². The predicted molar refractivity (Wildman–Crippen MR) is 54.6 cm³/mol. The van der Waals surface area contributed by atoms with Gasteiger partial charge in [-0.2, -0.15) is 0 Å². The molecule has 1 heterocycles. The van der Waals surface area contributed by atoms with E-state index >= 15 is 0 Å². The number of rotatable bonds is 4. The Kier molecular flexibility index (Phi) is 3.69. The van der Waals surface area contributed by atoms with Crippen molar-refractivity contribution in [3.05, 3.63) is 0 Å². The van der Waals surface area contributed by atoms with Crippen LogP contribution in [0.2, 0.25) is 0 Å². The van der Waals surface area contributed by atoms with Gasteiger partial charge >= 0.3 is 0 Å². The van der Waals surface area contributed by atoms with Gasteiger partial charge in [-0.05, 0) is 19.8 Å². The summed E-state index contributed by atoms with van der Waals surface area (Å²) < 4.78 is 26.5. The first kappa shape index (κ1) is 12.4. The second kappa shape index (κ2) is 4.46. The molecule has 0 saturated carbocycles. The Morgan fingerprint density at radius 1 is 1.60 bits per heavy atom. The Morgan fingerprint density at radius 3 is 2.73 bits per heavy atom. The van der Waals surface area contributed by atoms with Gasteiger partial charge in [0.1, 0.15) is 5.60 Å². The van der Waals surface area contributed by atoms with Crippen molar-refractivity contribution in [2.75, 3.05) is 18.9 Å². The predicted octanol–water partition coefficient (Wildman–Crippen LogP) is -1.04. The monoisotopic (exact) mass is 236 g/mol. The number of nitrogens with two attached hydrogens (primary N) is 1. The van der Waals surface area contributed by atoms with Gasteiger partial charge in [0.2, 0.25) is 10.0 Å². The van der Waals surface area contributed by atoms with Gasteiger partial charge in [0, 0.05) is 13.2 Å². The zero-order valence-corrected chi connectivity index (χ0v) is 9.47. The number of sulfonamides is 1. The largest absolute Gasteiger partial charge is 0.365 e. The summed E-state index contributed by atoms with van der Waals surface area (Å²) in [4.78, 5) is 11.6. The summed E-state index contributed by atoms with van der Waals surface area (Å²) in [5, 5.41) is 7.30. The fraction of sp³-hybridized carbons (Fsp3) is 0.875. The summed E-state index contributed by atoms with van der Waals surface area (Å²) in [5.41, 5.74) is -0.807. The highest BCUT2D eigenvalue weighted by atomic mass is 32.2. The number of hydrogen-bond donors (Lipinski definition) is 2. The van der Waals surface area contributed by atoms with E-state index in [2.05, 4.69) is 5.32 Å². The van der Waals surface area contributed by atoms with E-state index in [0.29, 0.717) is 13.0 Å². The van der Waals surface area contributed by atoms with Crippen LogP contribution in [0.25, 0.3) is 0 Å². The third-order valence-electron chi connectivity index (χ3n) is 2.37. The molecule has 0 aromatic heterocycles. The number of carbonyl (C=O) groups excluding carboxylic acids is 1. The van der Waals surface area contributed by atoms with Gasteiger partial charge in [-0.15, -0.1) is 0 Å². The van der Waals surface area contributed by atoms with E-state index < -0.39 is 15.6 Å². The molecule has 15 heavy (non-hydrogen) atoms. The third-order valence-corrected chi connectivity index (χ3v) is 3.14. The molecule has 1 rings (SSSR count). The Balaban J connectivity index is 2.36. The van der Waals surface area contributed by atoms with Crippen LogP contribution >= 0.6 is 0 Å². The van der Waals surface area contributed by atoms with Crippen LogP contribution in [0.5, 0.6) is 0 Å². The molecule has 3 N–H and O–H groups in total. The van der Waals surface area contributed by atoms with Gasteiger partial charge in [-0.1, -0.05) is 0 Å². The summed E-state index contributed by atoms with van der Waals surface area (Å²) in [6.45, 7) is 2.29. The van der Waals surface area contributed by atoms with E-state index in [1.165, 1.54) is 0 Å². The lowest BCUT2D eigenvalue weighted by Crippen LogP contribution is -2.45. The number of carbonyl (C=O) groups is 1. The molecule has 7 heteroatoms. The van der Waals surface area contributed by atoms with Crippen LogP contribution in [0.4, 0.5) is 0 Å². The van der Waals surface area contributed by atoms with E-state index in [4.69, 9.17) is 9.88 Å². The van der Waals surface area contributed by atoms with Crippen molar-refractivity contribution in [1.82, 2.24) is 5.32 Å². The van der Waals surface area contributed by atoms with Gasteiger partial charge < -0.3 is 10.1 Å². The van der Waals surface area contributed by atoms with Crippen LogP contribution in [-0.2, 0) is 19.6 Å². The van der Waals surface area contributed by atoms with Gasteiger partial charge in [-0.25, -0.2) is 13.6 Å². The minimum atomic E-state index is -3.52. The minimum absolute atomic E-state index is 0.0244. The lowest BCUT2D eigenvalue weighted by Gasteiger charge is -2.21. The Hall–Kier alpha value is -0.660. The van der Waals surface area contributed by atoms with Gasteiger partial charge in [-0.3, -0.25) is 4.79 Å². The van der Waals surface area contributed by atoms with Crippen molar-refractivity contribution in [3.63, 3.8) is 0 Å². The molecule has 1 aliphatic rings. The molecule has 1 amide bonds. The van der Waals surface area contributed by atoms with Crippen molar-refractivity contribution in [3.8, 4) is 0 Å². The van der Waals surface area contributed by atoms with Crippen LogP contribution in [0.15, 0.2) is 0 Å². The summed E-state index contributed by atoms with van der Waals surface area (Å²) >= 11 is 0. The lowest BCUT2D eigenvalue weighted by molar-refractivity contribution is -0.139. The van der Waals surface area contributed by atoms with Gasteiger partial charge in [0.15, 0.2) is 0 Å². The van der Waals surface area contributed by atoms with Crippen LogP contribution in [-0.4, -0.2) is 38.8 Å². The van der Waals surface area contributed by atoms with Gasteiger partial charge in [0.25, 0.3) is 5.91 Å². The minimum Gasteiger partial charge on any atom is -0.365 e. The maximum atomic E-state index is 11.6. The summed E-state index contributed by atoms with van der Waals surface area (Å²) in [6.07, 6.45) is 1.51. The Labute approximate surface area is 89.2 Å². The maximum absolute atomic E-state index is 11.6. The van der Waals surface area contributed by atoms with Crippen molar-refractivity contribution < 1.29 is 17.9 Å². The van der Waals surface area contributed by atoms with Crippen molar-refractivity contribution in [1.29, 1.82) is 0 Å². The molecule has 1 saturated heterocycles. The van der Waals surface area contributed by atoms with Gasteiger partial charge in [0.05, 0.1) is 5.75 Å². The molecular formula is C8H16N2O4S. The molecule has 0 aromatic carbocycles. The van der Waals surface area contributed by atoms with Crippen molar-refractivity contribution in [2.45, 2.75) is 25.4 Å². The smallest absolute Gasteiger partial charge is 0.251 e. The maximum Gasteiger partial charge on any atom is 0.251 e. The highest BCUT2D eigenvalue weighted by molar-refractivity contribution is 7.89. The molecule has 1 aliphatic heterocycles. The standard InChI is InChI=1S/C8H16N2O4S/c1-8(3-2-5-14-8)7(11)10-4-6-15(9,12)13/h2-6H2,1H3,(H,10,11)(H2,9,12,13). The van der Waals surface area contributed by atoms with Crippen LogP contribution in [0.1, 0.15) is 19.8 Å². The van der Waals surface area contributed by atoms with E-state index in [1.54, 1.807) is 6.92 Å². The van der Waals surface area contributed by atoms with Crippen LogP contribution in [0, 0.1) is 0 Å².